The molecule has 1 atom stereocenters. The minimum Gasteiger partial charge on any atom is -0.464 e. The fourth-order valence-electron chi connectivity index (χ4n) is 7.45. The number of fused-ring (bicyclic) bond motifs is 2. The zero-order valence-electron chi connectivity index (χ0n) is 24.9. The van der Waals surface area contributed by atoms with Crippen LogP contribution < -0.4 is 10.2 Å². The first kappa shape index (κ1) is 25.3. The highest BCUT2D eigenvalue weighted by Crippen LogP contribution is 2.51. The third-order valence-electron chi connectivity index (χ3n) is 9.58. The number of anilines is 3. The van der Waals surface area contributed by atoms with Crippen LogP contribution >= 0.6 is 0 Å². The summed E-state index contributed by atoms with van der Waals surface area (Å²) >= 11 is 0. The second-order valence-corrected chi connectivity index (χ2v) is 12.2. The van der Waals surface area contributed by atoms with Crippen molar-refractivity contribution in [2.75, 3.05) is 4.90 Å². The van der Waals surface area contributed by atoms with Crippen LogP contribution in [-0.4, -0.2) is 0 Å². The molecule has 8 aromatic carbocycles. The van der Waals surface area contributed by atoms with E-state index in [2.05, 4.69) is 168 Å². The number of ether oxygens (including phenoxy) is 1. The van der Waals surface area contributed by atoms with Crippen LogP contribution in [0, 0.1) is 0 Å². The minimum absolute atomic E-state index is 0.257. The lowest BCUT2D eigenvalue weighted by Crippen LogP contribution is -2.16. The molecule has 0 fully saturated rings. The SMILES string of the molecule is c1ccc(-c2ccc(N(c3ccccc3)c3ccc(C4NC5=C(O4)c4cc6cccc7ccc8ccc5c4c8c76)cc3)cc2)cc1. The molecule has 0 aromatic heterocycles. The van der Waals surface area contributed by atoms with Crippen molar-refractivity contribution in [1.82, 2.24) is 5.32 Å². The van der Waals surface area contributed by atoms with Crippen LogP contribution in [0.4, 0.5) is 17.1 Å². The number of para-hydroxylation sites is 1. The van der Waals surface area contributed by atoms with Gasteiger partial charge in [-0.1, -0.05) is 115 Å². The van der Waals surface area contributed by atoms with E-state index in [1.807, 2.05) is 0 Å². The number of rotatable bonds is 5. The summed E-state index contributed by atoms with van der Waals surface area (Å²) in [5.74, 6) is 0.951. The Morgan fingerprint density at radius 3 is 1.83 bits per heavy atom. The lowest BCUT2D eigenvalue weighted by molar-refractivity contribution is 0.175. The van der Waals surface area contributed by atoms with Crippen molar-refractivity contribution in [3.05, 3.63) is 174 Å². The van der Waals surface area contributed by atoms with Crippen LogP contribution in [0.15, 0.2) is 158 Å². The van der Waals surface area contributed by atoms with E-state index in [4.69, 9.17) is 4.74 Å². The van der Waals surface area contributed by atoms with Crippen LogP contribution in [0.3, 0.4) is 0 Å². The van der Waals surface area contributed by atoms with Crippen molar-refractivity contribution in [2.45, 2.75) is 6.23 Å². The second kappa shape index (κ2) is 9.72. The molecule has 1 unspecified atom stereocenters. The number of hydrogen-bond acceptors (Lipinski definition) is 3. The highest BCUT2D eigenvalue weighted by atomic mass is 16.5. The summed E-state index contributed by atoms with van der Waals surface area (Å²) in [6, 6.07) is 56.4. The molecule has 1 aliphatic heterocycles. The maximum absolute atomic E-state index is 6.74. The molecule has 8 aromatic rings. The lowest BCUT2D eigenvalue weighted by atomic mass is 9.91. The molecule has 1 heterocycles. The van der Waals surface area contributed by atoms with Gasteiger partial charge in [-0.15, -0.1) is 0 Å². The van der Waals surface area contributed by atoms with E-state index >= 15 is 0 Å². The minimum atomic E-state index is -0.257. The Balaban J connectivity index is 0.982. The summed E-state index contributed by atoms with van der Waals surface area (Å²) in [7, 11) is 0. The third-order valence-corrected chi connectivity index (χ3v) is 9.58. The summed E-state index contributed by atoms with van der Waals surface area (Å²) in [4.78, 5) is 2.30. The average molecular weight is 589 g/mol. The van der Waals surface area contributed by atoms with Gasteiger partial charge in [0.25, 0.3) is 0 Å². The highest BCUT2D eigenvalue weighted by molar-refractivity contribution is 6.29. The molecule has 0 bridgehead atoms. The molecule has 0 saturated heterocycles. The van der Waals surface area contributed by atoms with Gasteiger partial charge in [0.15, 0.2) is 12.0 Å². The molecule has 0 spiro atoms. The van der Waals surface area contributed by atoms with E-state index in [0.29, 0.717) is 0 Å². The molecule has 3 nitrogen and oxygen atoms in total. The Bertz CT molecular complexity index is 2450. The van der Waals surface area contributed by atoms with Crippen LogP contribution in [0.2, 0.25) is 0 Å². The molecule has 216 valence electrons. The predicted octanol–water partition coefficient (Wildman–Crippen LogP) is 11.2. The molecule has 10 rings (SSSR count). The van der Waals surface area contributed by atoms with Crippen molar-refractivity contribution < 1.29 is 4.74 Å². The van der Waals surface area contributed by atoms with Gasteiger partial charge in [0.05, 0.1) is 5.70 Å². The summed E-state index contributed by atoms with van der Waals surface area (Å²) in [5, 5.41) is 11.5. The van der Waals surface area contributed by atoms with Gasteiger partial charge in [0, 0.05) is 39.1 Å². The first-order valence-electron chi connectivity index (χ1n) is 15.8. The molecule has 2 aliphatic rings. The highest BCUT2D eigenvalue weighted by Gasteiger charge is 2.36. The van der Waals surface area contributed by atoms with Gasteiger partial charge in [-0.25, -0.2) is 0 Å². The third kappa shape index (κ3) is 3.72. The van der Waals surface area contributed by atoms with E-state index in [0.717, 1.165) is 34.1 Å². The Kier molecular flexibility index (Phi) is 5.34. The normalized spacial score (nSPS) is 15.0. The smallest absolute Gasteiger partial charge is 0.196 e. The number of hydrogen-bond donors (Lipinski definition) is 1. The summed E-state index contributed by atoms with van der Waals surface area (Å²) in [5.41, 5.74) is 10.3. The zero-order chi connectivity index (χ0) is 30.2. The number of nitrogens with one attached hydrogen (secondary N) is 1. The Morgan fingerprint density at radius 2 is 1.07 bits per heavy atom. The van der Waals surface area contributed by atoms with E-state index in [-0.39, 0.29) is 6.23 Å². The molecule has 0 radical (unpaired) electrons. The van der Waals surface area contributed by atoms with E-state index < -0.39 is 0 Å². The first-order valence-corrected chi connectivity index (χ1v) is 15.8. The average Bonchev–Trinajstić information content (AvgIpc) is 3.69. The summed E-state index contributed by atoms with van der Waals surface area (Å²) in [6.07, 6.45) is -0.257. The molecular weight excluding hydrogens is 560 g/mol. The topological polar surface area (TPSA) is 24.5 Å². The predicted molar refractivity (Wildman–Crippen MR) is 190 cm³/mol. The maximum atomic E-state index is 6.74. The van der Waals surface area contributed by atoms with E-state index in [1.54, 1.807) is 0 Å². The van der Waals surface area contributed by atoms with Crippen LogP contribution in [0.1, 0.15) is 22.9 Å². The molecule has 1 N–H and O–H groups in total. The number of nitrogens with zero attached hydrogens (tertiary/aromatic N) is 1. The van der Waals surface area contributed by atoms with E-state index in [9.17, 15) is 0 Å². The maximum Gasteiger partial charge on any atom is 0.196 e. The molecular formula is C43H28N2O. The fraction of sp³-hybridized carbons (Fsp3) is 0.0233. The second-order valence-electron chi connectivity index (χ2n) is 12.2. The van der Waals surface area contributed by atoms with Crippen molar-refractivity contribution in [1.29, 1.82) is 0 Å². The molecule has 0 amide bonds. The summed E-state index contributed by atoms with van der Waals surface area (Å²) < 4.78 is 6.74. The quantitative estimate of drug-likeness (QED) is 0.202. The zero-order valence-corrected chi connectivity index (χ0v) is 24.9. The van der Waals surface area contributed by atoms with Crippen molar-refractivity contribution in [3.63, 3.8) is 0 Å². The monoisotopic (exact) mass is 588 g/mol. The largest absolute Gasteiger partial charge is 0.464 e. The van der Waals surface area contributed by atoms with Gasteiger partial charge in [0.1, 0.15) is 0 Å². The van der Waals surface area contributed by atoms with Gasteiger partial charge in [-0.3, -0.25) is 0 Å². The van der Waals surface area contributed by atoms with Gasteiger partial charge in [0.2, 0.25) is 0 Å². The van der Waals surface area contributed by atoms with Gasteiger partial charge in [-0.2, -0.15) is 0 Å². The van der Waals surface area contributed by atoms with Crippen molar-refractivity contribution in [3.8, 4) is 11.1 Å². The Hall–Kier alpha value is -6.06. The van der Waals surface area contributed by atoms with Crippen LogP contribution in [0.5, 0.6) is 0 Å². The molecule has 0 saturated carbocycles. The van der Waals surface area contributed by atoms with Gasteiger partial charge < -0.3 is 15.0 Å². The first-order chi connectivity index (χ1) is 22.8. The standard InChI is InChI=1S/C43H28N2O/c1-3-8-27(9-4-1)28-16-21-34(22-17-28)45(33-12-5-2-6-13-33)35-23-18-31(19-24-35)43-44-41-36-25-20-30-15-14-29-10-7-11-32-26-37(42(41)46-43)40(36)39(30)38(29)32/h1-26,43-44H. The van der Waals surface area contributed by atoms with Gasteiger partial charge in [-0.05, 0) is 80.5 Å². The van der Waals surface area contributed by atoms with E-state index in [1.165, 1.54) is 54.6 Å². The summed E-state index contributed by atoms with van der Waals surface area (Å²) in [6.45, 7) is 0. The van der Waals surface area contributed by atoms with Crippen LogP contribution in [0.25, 0.3) is 54.9 Å². The Morgan fingerprint density at radius 1 is 0.457 bits per heavy atom. The van der Waals surface area contributed by atoms with Crippen LogP contribution in [-0.2, 0) is 4.74 Å². The molecule has 1 aliphatic carbocycles. The van der Waals surface area contributed by atoms with Gasteiger partial charge >= 0.3 is 0 Å². The van der Waals surface area contributed by atoms with Crippen molar-refractivity contribution >= 4 is 60.8 Å². The Labute approximate surface area is 267 Å². The van der Waals surface area contributed by atoms with Crippen molar-refractivity contribution in [2.24, 2.45) is 0 Å². The molecule has 46 heavy (non-hydrogen) atoms. The lowest BCUT2D eigenvalue weighted by Gasteiger charge is -2.26. The molecule has 3 heteroatoms. The number of benzene rings is 8. The fourth-order valence-corrected chi connectivity index (χ4v) is 7.45.